The van der Waals surface area contributed by atoms with E-state index in [0.717, 1.165) is 10.9 Å². The monoisotopic (exact) mass is 415 g/mol. The fourth-order valence-corrected chi connectivity index (χ4v) is 3.66. The first-order chi connectivity index (χ1) is 15.0. The van der Waals surface area contributed by atoms with Crippen molar-refractivity contribution < 1.29 is 19.4 Å². The maximum atomic E-state index is 12.7. The summed E-state index contributed by atoms with van der Waals surface area (Å²) in [7, 11) is 1.54. The van der Waals surface area contributed by atoms with Gasteiger partial charge in [0, 0.05) is 23.2 Å². The third kappa shape index (κ3) is 3.02. The highest BCUT2D eigenvalue weighted by Crippen LogP contribution is 2.32. The highest BCUT2D eigenvalue weighted by atomic mass is 16.5. The van der Waals surface area contributed by atoms with Crippen molar-refractivity contribution in [1.29, 1.82) is 0 Å². The number of urea groups is 1. The summed E-state index contributed by atoms with van der Waals surface area (Å²) in [5.41, 5.74) is -0.173. The van der Waals surface area contributed by atoms with Crippen molar-refractivity contribution in [2.45, 2.75) is 12.1 Å². The van der Waals surface area contributed by atoms with Gasteiger partial charge >= 0.3 is 6.03 Å². The van der Waals surface area contributed by atoms with Crippen LogP contribution in [0.2, 0.25) is 0 Å². The Kier molecular flexibility index (Phi) is 4.08. The van der Waals surface area contributed by atoms with Gasteiger partial charge in [-0.1, -0.05) is 17.9 Å². The molecule has 4 heterocycles. The Morgan fingerprint density at radius 2 is 2.13 bits per heavy atom. The Morgan fingerprint density at radius 3 is 2.90 bits per heavy atom. The van der Waals surface area contributed by atoms with Crippen LogP contribution in [-0.2, 0) is 11.3 Å². The SMILES string of the molecule is COc1ccc2cn(C[C@@]3(C#Cc4cnn5ccccc45)NC(=O)NC3=O)c(O)c2c1. The first-order valence-corrected chi connectivity index (χ1v) is 9.44. The number of ether oxygens (including phenoxy) is 1. The van der Waals surface area contributed by atoms with Crippen molar-refractivity contribution in [3.05, 3.63) is 60.6 Å². The summed E-state index contributed by atoms with van der Waals surface area (Å²) in [6.45, 7) is -0.0837. The zero-order valence-electron chi connectivity index (χ0n) is 16.4. The van der Waals surface area contributed by atoms with Gasteiger partial charge in [0.1, 0.15) is 5.75 Å². The van der Waals surface area contributed by atoms with E-state index in [1.807, 2.05) is 18.2 Å². The minimum Gasteiger partial charge on any atom is -0.497 e. The van der Waals surface area contributed by atoms with Gasteiger partial charge in [-0.2, -0.15) is 5.10 Å². The molecular formula is C22H17N5O4. The zero-order valence-corrected chi connectivity index (χ0v) is 16.4. The average Bonchev–Trinajstić information content (AvgIpc) is 3.41. The first kappa shape index (κ1) is 18.6. The lowest BCUT2D eigenvalue weighted by atomic mass is 10.00. The average molecular weight is 415 g/mol. The zero-order chi connectivity index (χ0) is 21.6. The quantitative estimate of drug-likeness (QED) is 0.348. The second-order valence-corrected chi connectivity index (χ2v) is 7.19. The molecule has 1 saturated heterocycles. The molecule has 4 aromatic rings. The van der Waals surface area contributed by atoms with E-state index in [0.29, 0.717) is 16.7 Å². The van der Waals surface area contributed by atoms with E-state index in [-0.39, 0.29) is 12.4 Å². The number of pyridine rings is 1. The topological polar surface area (TPSA) is 110 Å². The van der Waals surface area contributed by atoms with Crippen LogP contribution in [0.4, 0.5) is 4.79 Å². The van der Waals surface area contributed by atoms with Crippen LogP contribution in [0.3, 0.4) is 0 Å². The molecular weight excluding hydrogens is 398 g/mol. The van der Waals surface area contributed by atoms with Crippen LogP contribution in [-0.4, -0.2) is 43.9 Å². The van der Waals surface area contributed by atoms with Gasteiger partial charge in [-0.3, -0.25) is 10.1 Å². The van der Waals surface area contributed by atoms with Crippen LogP contribution in [0.5, 0.6) is 11.6 Å². The molecule has 0 saturated carbocycles. The molecule has 5 rings (SSSR count). The van der Waals surface area contributed by atoms with Crippen LogP contribution >= 0.6 is 0 Å². The van der Waals surface area contributed by atoms with Crippen LogP contribution in [0, 0.1) is 11.8 Å². The summed E-state index contributed by atoms with van der Waals surface area (Å²) < 4.78 is 8.37. The molecule has 0 radical (unpaired) electrons. The molecule has 0 unspecified atom stereocenters. The van der Waals surface area contributed by atoms with Crippen molar-refractivity contribution in [1.82, 2.24) is 24.8 Å². The Bertz CT molecular complexity index is 1420. The lowest BCUT2D eigenvalue weighted by Crippen LogP contribution is -2.49. The van der Waals surface area contributed by atoms with Gasteiger partial charge in [-0.15, -0.1) is 0 Å². The van der Waals surface area contributed by atoms with Gasteiger partial charge < -0.3 is 19.7 Å². The number of amides is 3. The number of carbonyl (C=O) groups excluding carboxylic acids is 2. The molecule has 3 amide bonds. The molecule has 3 aromatic heterocycles. The summed E-state index contributed by atoms with van der Waals surface area (Å²) in [5, 5.41) is 21.1. The number of carbonyl (C=O) groups is 2. The molecule has 9 heteroatoms. The van der Waals surface area contributed by atoms with Crippen molar-refractivity contribution >= 4 is 28.2 Å². The predicted octanol–water partition coefficient (Wildman–Crippen LogP) is 1.63. The number of aromatic hydroxyl groups is 1. The van der Waals surface area contributed by atoms with Crippen molar-refractivity contribution in [2.24, 2.45) is 0 Å². The maximum absolute atomic E-state index is 12.7. The second kappa shape index (κ2) is 6.81. The van der Waals surface area contributed by atoms with E-state index >= 15 is 0 Å². The summed E-state index contributed by atoms with van der Waals surface area (Å²) in [6, 6.07) is 10.2. The first-order valence-electron chi connectivity index (χ1n) is 9.44. The molecule has 1 aromatic carbocycles. The van der Waals surface area contributed by atoms with Crippen molar-refractivity contribution in [2.75, 3.05) is 7.11 Å². The highest BCUT2D eigenvalue weighted by Gasteiger charge is 2.46. The van der Waals surface area contributed by atoms with Crippen LogP contribution in [0.25, 0.3) is 16.3 Å². The van der Waals surface area contributed by atoms with Gasteiger partial charge in [-0.05, 0) is 30.3 Å². The van der Waals surface area contributed by atoms with Crippen molar-refractivity contribution in [3.8, 4) is 23.5 Å². The summed E-state index contributed by atoms with van der Waals surface area (Å²) in [5.74, 6) is 5.83. The lowest BCUT2D eigenvalue weighted by molar-refractivity contribution is -0.122. The fourth-order valence-electron chi connectivity index (χ4n) is 3.66. The van der Waals surface area contributed by atoms with E-state index in [1.54, 1.807) is 48.4 Å². The number of hydrogen-bond acceptors (Lipinski definition) is 5. The van der Waals surface area contributed by atoms with Gasteiger partial charge in [0.2, 0.25) is 5.54 Å². The summed E-state index contributed by atoms with van der Waals surface area (Å²) in [6.07, 6.45) is 5.08. The van der Waals surface area contributed by atoms with Gasteiger partial charge in [0.25, 0.3) is 5.91 Å². The van der Waals surface area contributed by atoms with E-state index in [1.165, 1.54) is 4.57 Å². The largest absolute Gasteiger partial charge is 0.497 e. The van der Waals surface area contributed by atoms with E-state index in [4.69, 9.17) is 4.74 Å². The normalized spacial score (nSPS) is 18.0. The molecule has 1 aliphatic heterocycles. The molecule has 0 aliphatic carbocycles. The van der Waals surface area contributed by atoms with Crippen LogP contribution in [0.15, 0.2) is 55.0 Å². The highest BCUT2D eigenvalue weighted by molar-refractivity contribution is 6.09. The number of nitrogens with one attached hydrogen (secondary N) is 2. The van der Waals surface area contributed by atoms with E-state index < -0.39 is 17.5 Å². The minimum atomic E-state index is -1.56. The maximum Gasteiger partial charge on any atom is 0.323 e. The Balaban J connectivity index is 1.58. The van der Waals surface area contributed by atoms with E-state index in [2.05, 4.69) is 27.6 Å². The molecule has 1 aliphatic rings. The number of imide groups is 1. The number of hydrogen-bond donors (Lipinski definition) is 3. The molecule has 154 valence electrons. The molecule has 31 heavy (non-hydrogen) atoms. The molecule has 1 atom stereocenters. The number of fused-ring (bicyclic) bond motifs is 2. The molecule has 1 fully saturated rings. The second-order valence-electron chi connectivity index (χ2n) is 7.19. The van der Waals surface area contributed by atoms with Crippen LogP contribution in [0.1, 0.15) is 5.56 Å². The van der Waals surface area contributed by atoms with Gasteiger partial charge in [-0.25, -0.2) is 9.31 Å². The van der Waals surface area contributed by atoms with Crippen LogP contribution < -0.4 is 15.4 Å². The van der Waals surface area contributed by atoms with E-state index in [9.17, 15) is 14.7 Å². The standard InChI is InChI=1S/C22H17N5O4/c1-31-16-6-5-15-12-26(19(28)17(15)10-16)13-22(20(29)24-21(30)25-22)8-7-14-11-23-27-9-3-2-4-18(14)27/h2-6,9-12,28H,13H2,1H3,(H2,24,25,29,30)/t22-/m1/s1. The number of methoxy groups -OCH3 is 1. The number of rotatable bonds is 3. The third-order valence-corrected chi connectivity index (χ3v) is 5.25. The smallest absolute Gasteiger partial charge is 0.323 e. The number of nitrogens with zero attached hydrogens (tertiary/aromatic N) is 3. The lowest BCUT2D eigenvalue weighted by Gasteiger charge is -2.20. The molecule has 0 spiro atoms. The Morgan fingerprint density at radius 1 is 1.26 bits per heavy atom. The third-order valence-electron chi connectivity index (χ3n) is 5.25. The summed E-state index contributed by atoms with van der Waals surface area (Å²) in [4.78, 5) is 24.7. The Labute approximate surface area is 176 Å². The summed E-state index contributed by atoms with van der Waals surface area (Å²) >= 11 is 0. The molecule has 9 nitrogen and oxygen atoms in total. The molecule has 3 N–H and O–H groups in total. The van der Waals surface area contributed by atoms with Crippen molar-refractivity contribution in [3.63, 3.8) is 0 Å². The number of benzene rings is 1. The molecule has 0 bridgehead atoms. The predicted molar refractivity (Wildman–Crippen MR) is 112 cm³/mol. The fraction of sp³-hybridized carbons (Fsp3) is 0.136. The van der Waals surface area contributed by atoms with Gasteiger partial charge in [0.15, 0.2) is 5.88 Å². The minimum absolute atomic E-state index is 0.0555. The van der Waals surface area contributed by atoms with Gasteiger partial charge in [0.05, 0.1) is 30.9 Å². The number of aromatic nitrogens is 3. The Hall–Kier alpha value is -4.45.